The second kappa shape index (κ2) is 7.79. The van der Waals surface area contributed by atoms with Gasteiger partial charge in [-0.25, -0.2) is 0 Å². The molecule has 2 fully saturated rings. The minimum Gasteiger partial charge on any atom is -0.391 e. The van der Waals surface area contributed by atoms with Crippen LogP contribution in [0.25, 0.3) is 0 Å². The molecule has 130 valence electrons. The van der Waals surface area contributed by atoms with Gasteiger partial charge in [-0.15, -0.1) is 0 Å². The van der Waals surface area contributed by atoms with E-state index in [1.165, 1.54) is 12.8 Å². The van der Waals surface area contributed by atoms with Crippen LogP contribution in [0.4, 0.5) is 5.69 Å². The lowest BCUT2D eigenvalue weighted by molar-refractivity contribution is -0.121. The molecule has 1 aromatic rings. The minimum absolute atomic E-state index is 0.0817. The van der Waals surface area contributed by atoms with Gasteiger partial charge >= 0.3 is 0 Å². The van der Waals surface area contributed by atoms with E-state index < -0.39 is 6.10 Å². The molecule has 0 bridgehead atoms. The summed E-state index contributed by atoms with van der Waals surface area (Å²) < 4.78 is 0. The fourth-order valence-electron chi connectivity index (χ4n) is 3.27. The number of amides is 2. The molecule has 1 unspecified atom stereocenters. The highest BCUT2D eigenvalue weighted by Crippen LogP contribution is 2.30. The average Bonchev–Trinajstić information content (AvgIpc) is 3.29. The van der Waals surface area contributed by atoms with Gasteiger partial charge < -0.3 is 15.7 Å². The molecule has 2 aliphatic carbocycles. The van der Waals surface area contributed by atoms with E-state index in [1.807, 2.05) is 24.3 Å². The summed E-state index contributed by atoms with van der Waals surface area (Å²) in [5.41, 5.74) is 1.67. The molecule has 24 heavy (non-hydrogen) atoms. The third-order valence-electron chi connectivity index (χ3n) is 4.99. The Morgan fingerprint density at radius 1 is 1.08 bits per heavy atom. The van der Waals surface area contributed by atoms with Crippen molar-refractivity contribution >= 4 is 17.5 Å². The SMILES string of the molecule is O=C(Cc1ccc(NC(=O)C2CC2)cc1)NCC(O)C1CCCC1. The van der Waals surface area contributed by atoms with Crippen LogP contribution in [-0.4, -0.2) is 29.6 Å². The zero-order valence-corrected chi connectivity index (χ0v) is 14.0. The van der Waals surface area contributed by atoms with Crippen LogP contribution in [0.2, 0.25) is 0 Å². The maximum Gasteiger partial charge on any atom is 0.227 e. The van der Waals surface area contributed by atoms with E-state index in [1.54, 1.807) is 0 Å². The molecule has 0 heterocycles. The Balaban J connectivity index is 1.41. The summed E-state index contributed by atoms with van der Waals surface area (Å²) >= 11 is 0. The molecule has 0 saturated heterocycles. The molecule has 5 nitrogen and oxygen atoms in total. The molecular weight excluding hydrogens is 304 g/mol. The minimum atomic E-state index is -0.434. The van der Waals surface area contributed by atoms with Crippen LogP contribution in [0.15, 0.2) is 24.3 Å². The molecule has 0 radical (unpaired) electrons. The number of anilines is 1. The van der Waals surface area contributed by atoms with Crippen molar-refractivity contribution in [2.24, 2.45) is 11.8 Å². The summed E-state index contributed by atoms with van der Waals surface area (Å²) in [5, 5.41) is 15.8. The topological polar surface area (TPSA) is 78.4 Å². The molecule has 2 saturated carbocycles. The van der Waals surface area contributed by atoms with Gasteiger partial charge in [0.2, 0.25) is 11.8 Å². The first-order valence-electron chi connectivity index (χ1n) is 8.96. The highest BCUT2D eigenvalue weighted by Gasteiger charge is 2.29. The van der Waals surface area contributed by atoms with Crippen molar-refractivity contribution in [3.8, 4) is 0 Å². The number of nitrogens with one attached hydrogen (secondary N) is 2. The predicted molar refractivity (Wildman–Crippen MR) is 92.5 cm³/mol. The number of carbonyl (C=O) groups excluding carboxylic acids is 2. The summed E-state index contributed by atoms with van der Waals surface area (Å²) in [6.07, 6.45) is 6.30. The fraction of sp³-hybridized carbons (Fsp3) is 0.579. The first kappa shape index (κ1) is 17.0. The van der Waals surface area contributed by atoms with Crippen LogP contribution in [0.1, 0.15) is 44.1 Å². The molecule has 2 aliphatic rings. The van der Waals surface area contributed by atoms with Crippen LogP contribution in [0.3, 0.4) is 0 Å². The van der Waals surface area contributed by atoms with E-state index in [0.29, 0.717) is 12.5 Å². The maximum atomic E-state index is 12.0. The van der Waals surface area contributed by atoms with Gasteiger partial charge in [0.15, 0.2) is 0 Å². The predicted octanol–water partition coefficient (Wildman–Crippen LogP) is 2.24. The zero-order valence-electron chi connectivity index (χ0n) is 14.0. The molecule has 3 N–H and O–H groups in total. The van der Waals surface area contributed by atoms with E-state index in [4.69, 9.17) is 0 Å². The van der Waals surface area contributed by atoms with E-state index in [0.717, 1.165) is 36.9 Å². The summed E-state index contributed by atoms with van der Waals surface area (Å²) in [5.74, 6) is 0.518. The van der Waals surface area contributed by atoms with Crippen LogP contribution in [0.5, 0.6) is 0 Å². The molecule has 3 rings (SSSR count). The van der Waals surface area contributed by atoms with Crippen LogP contribution < -0.4 is 10.6 Å². The molecule has 5 heteroatoms. The number of rotatable bonds is 7. The highest BCUT2D eigenvalue weighted by atomic mass is 16.3. The van der Waals surface area contributed by atoms with E-state index >= 15 is 0 Å². The van der Waals surface area contributed by atoms with Gasteiger partial charge in [-0.05, 0) is 49.3 Å². The molecular formula is C19H26N2O3. The first-order valence-corrected chi connectivity index (χ1v) is 8.96. The molecule has 0 aromatic heterocycles. The van der Waals surface area contributed by atoms with Crippen molar-refractivity contribution in [3.63, 3.8) is 0 Å². The second-order valence-electron chi connectivity index (χ2n) is 7.05. The summed E-state index contributed by atoms with van der Waals surface area (Å²) in [4.78, 5) is 23.7. The van der Waals surface area contributed by atoms with Crippen molar-refractivity contribution in [1.29, 1.82) is 0 Å². The number of hydrogen-bond donors (Lipinski definition) is 3. The lowest BCUT2D eigenvalue weighted by Crippen LogP contribution is -2.36. The third-order valence-corrected chi connectivity index (χ3v) is 4.99. The Hall–Kier alpha value is -1.88. The Kier molecular flexibility index (Phi) is 5.51. The standard InChI is InChI=1S/C19H26N2O3/c22-17(14-3-1-2-4-14)12-20-18(23)11-13-5-9-16(10-6-13)21-19(24)15-7-8-15/h5-6,9-10,14-15,17,22H,1-4,7-8,11-12H2,(H,20,23)(H,21,24). The van der Waals surface area contributed by atoms with Gasteiger partial charge in [-0.2, -0.15) is 0 Å². The first-order chi connectivity index (χ1) is 11.6. The summed E-state index contributed by atoms with van der Waals surface area (Å²) in [6, 6.07) is 7.37. The zero-order chi connectivity index (χ0) is 16.9. The molecule has 1 atom stereocenters. The smallest absolute Gasteiger partial charge is 0.227 e. The Labute approximate surface area is 142 Å². The van der Waals surface area contributed by atoms with Crippen LogP contribution in [-0.2, 0) is 16.0 Å². The Bertz CT molecular complexity index is 575. The van der Waals surface area contributed by atoms with Crippen molar-refractivity contribution < 1.29 is 14.7 Å². The van der Waals surface area contributed by atoms with E-state index in [2.05, 4.69) is 10.6 Å². The van der Waals surface area contributed by atoms with Crippen LogP contribution >= 0.6 is 0 Å². The number of hydrogen-bond acceptors (Lipinski definition) is 3. The van der Waals surface area contributed by atoms with Gasteiger partial charge in [-0.1, -0.05) is 25.0 Å². The van der Waals surface area contributed by atoms with Crippen molar-refractivity contribution in [2.75, 3.05) is 11.9 Å². The molecule has 1 aromatic carbocycles. The summed E-state index contributed by atoms with van der Waals surface area (Å²) in [6.45, 7) is 0.332. The van der Waals surface area contributed by atoms with Gasteiger partial charge in [0.25, 0.3) is 0 Å². The quantitative estimate of drug-likeness (QED) is 0.717. The fourth-order valence-corrected chi connectivity index (χ4v) is 3.27. The highest BCUT2D eigenvalue weighted by molar-refractivity contribution is 5.94. The number of carbonyl (C=O) groups is 2. The molecule has 0 spiro atoms. The lowest BCUT2D eigenvalue weighted by Gasteiger charge is -2.18. The molecule has 2 amide bonds. The number of benzene rings is 1. The molecule has 0 aliphatic heterocycles. The summed E-state index contributed by atoms with van der Waals surface area (Å²) in [7, 11) is 0. The van der Waals surface area contributed by atoms with Gasteiger partial charge in [0.1, 0.15) is 0 Å². The second-order valence-corrected chi connectivity index (χ2v) is 7.05. The largest absolute Gasteiger partial charge is 0.391 e. The van der Waals surface area contributed by atoms with Gasteiger partial charge in [0, 0.05) is 18.2 Å². The van der Waals surface area contributed by atoms with Gasteiger partial charge in [-0.3, -0.25) is 9.59 Å². The number of aliphatic hydroxyl groups excluding tert-OH is 1. The monoisotopic (exact) mass is 330 g/mol. The van der Waals surface area contributed by atoms with Crippen LogP contribution in [0, 0.1) is 11.8 Å². The third kappa shape index (κ3) is 4.81. The van der Waals surface area contributed by atoms with E-state index in [-0.39, 0.29) is 24.2 Å². The number of aliphatic hydroxyl groups is 1. The Morgan fingerprint density at radius 3 is 2.38 bits per heavy atom. The van der Waals surface area contributed by atoms with E-state index in [9.17, 15) is 14.7 Å². The maximum absolute atomic E-state index is 12.0. The average molecular weight is 330 g/mol. The van der Waals surface area contributed by atoms with Crippen molar-refractivity contribution in [1.82, 2.24) is 5.32 Å². The normalized spacial score (nSPS) is 19.0. The Morgan fingerprint density at radius 2 is 1.75 bits per heavy atom. The van der Waals surface area contributed by atoms with Crippen molar-refractivity contribution in [3.05, 3.63) is 29.8 Å². The van der Waals surface area contributed by atoms with Crippen molar-refractivity contribution in [2.45, 2.75) is 51.0 Å². The lowest BCUT2D eigenvalue weighted by atomic mass is 10.0. The van der Waals surface area contributed by atoms with Gasteiger partial charge in [0.05, 0.1) is 12.5 Å².